The van der Waals surface area contributed by atoms with E-state index in [0.29, 0.717) is 5.76 Å². The van der Waals surface area contributed by atoms with Crippen LogP contribution in [0.3, 0.4) is 0 Å². The molecule has 1 atom stereocenters. The van der Waals surface area contributed by atoms with Crippen LogP contribution in [0.15, 0.2) is 52.1 Å². The van der Waals surface area contributed by atoms with Crippen LogP contribution in [0.1, 0.15) is 29.9 Å². The molecule has 0 aliphatic heterocycles. The first kappa shape index (κ1) is 17.1. The number of guanidine groups is 1. The van der Waals surface area contributed by atoms with Crippen molar-refractivity contribution < 1.29 is 9.52 Å². The third-order valence-corrected chi connectivity index (χ3v) is 3.65. The lowest BCUT2D eigenvalue weighted by molar-refractivity contribution is 0.158. The quantitative estimate of drug-likeness (QED) is 0.635. The lowest BCUT2D eigenvalue weighted by atomic mass is 10.1. The third-order valence-electron chi connectivity index (χ3n) is 3.65. The van der Waals surface area contributed by atoms with E-state index in [9.17, 15) is 5.11 Å². The molecular weight excluding hydrogens is 290 g/mol. The Kier molecular flexibility index (Phi) is 6.23. The van der Waals surface area contributed by atoms with Gasteiger partial charge < -0.3 is 19.7 Å². The van der Waals surface area contributed by atoms with E-state index in [0.717, 1.165) is 19.0 Å². The molecule has 5 nitrogen and oxygen atoms in total. The Balaban J connectivity index is 2.04. The summed E-state index contributed by atoms with van der Waals surface area (Å²) in [5.74, 6) is 1.30. The fourth-order valence-electron chi connectivity index (χ4n) is 2.33. The van der Waals surface area contributed by atoms with Crippen LogP contribution in [-0.4, -0.2) is 36.1 Å². The molecule has 124 valence electrons. The molecule has 0 saturated heterocycles. The smallest absolute Gasteiger partial charge is 0.194 e. The molecule has 2 N–H and O–H groups in total. The van der Waals surface area contributed by atoms with Crippen LogP contribution >= 0.6 is 0 Å². The highest BCUT2D eigenvalue weighted by atomic mass is 16.4. The molecule has 23 heavy (non-hydrogen) atoms. The van der Waals surface area contributed by atoms with E-state index in [1.807, 2.05) is 26.1 Å². The second-order valence-electron chi connectivity index (χ2n) is 5.51. The Labute approximate surface area is 137 Å². The van der Waals surface area contributed by atoms with Gasteiger partial charge in [-0.1, -0.05) is 24.3 Å². The molecule has 0 aliphatic rings. The Hall–Kier alpha value is -2.27. The van der Waals surface area contributed by atoms with Crippen molar-refractivity contribution in [3.8, 4) is 0 Å². The lowest BCUT2D eigenvalue weighted by Gasteiger charge is -2.23. The monoisotopic (exact) mass is 315 g/mol. The second kappa shape index (κ2) is 8.39. The van der Waals surface area contributed by atoms with Crippen LogP contribution in [0.5, 0.6) is 0 Å². The van der Waals surface area contributed by atoms with Crippen molar-refractivity contribution in [2.75, 3.05) is 20.1 Å². The summed E-state index contributed by atoms with van der Waals surface area (Å²) in [7, 11) is 1.99. The maximum absolute atomic E-state index is 10.1. The average molecular weight is 315 g/mol. The van der Waals surface area contributed by atoms with Crippen LogP contribution < -0.4 is 5.32 Å². The molecule has 0 fully saturated rings. The number of furan rings is 1. The largest absolute Gasteiger partial charge is 0.467 e. The first-order chi connectivity index (χ1) is 11.1. The zero-order chi connectivity index (χ0) is 16.7. The Morgan fingerprint density at radius 1 is 1.30 bits per heavy atom. The molecule has 0 spiro atoms. The molecule has 0 radical (unpaired) electrons. The molecule has 2 rings (SSSR count). The number of aliphatic hydroxyl groups excluding tert-OH is 1. The minimum atomic E-state index is -0.731. The predicted molar refractivity (Wildman–Crippen MR) is 92.3 cm³/mol. The van der Waals surface area contributed by atoms with Crippen LogP contribution in [0.4, 0.5) is 0 Å². The van der Waals surface area contributed by atoms with Gasteiger partial charge in [0.1, 0.15) is 11.9 Å². The molecule has 1 aromatic carbocycles. The van der Waals surface area contributed by atoms with E-state index in [1.165, 1.54) is 11.1 Å². The van der Waals surface area contributed by atoms with Crippen molar-refractivity contribution in [3.63, 3.8) is 0 Å². The summed E-state index contributed by atoms with van der Waals surface area (Å²) < 4.78 is 5.21. The van der Waals surface area contributed by atoms with E-state index in [-0.39, 0.29) is 6.54 Å². The summed E-state index contributed by atoms with van der Waals surface area (Å²) in [5, 5.41) is 13.4. The molecule has 0 bridgehead atoms. The summed E-state index contributed by atoms with van der Waals surface area (Å²) in [6.07, 6.45) is 0.822. The molecular formula is C18H25N3O2. The zero-order valence-corrected chi connectivity index (χ0v) is 14.0. The predicted octanol–water partition coefficient (Wildman–Crippen LogP) is 2.72. The number of hydrogen-bond donors (Lipinski definition) is 2. The van der Waals surface area contributed by atoms with Crippen molar-refractivity contribution in [2.45, 2.75) is 26.5 Å². The summed E-state index contributed by atoms with van der Waals surface area (Å²) >= 11 is 0. The molecule has 0 saturated carbocycles. The highest BCUT2D eigenvalue weighted by molar-refractivity contribution is 5.79. The molecule has 1 heterocycles. The third kappa shape index (κ3) is 4.86. The summed E-state index contributed by atoms with van der Waals surface area (Å²) in [6, 6.07) is 11.8. The number of nitrogens with zero attached hydrogens (tertiary/aromatic N) is 2. The van der Waals surface area contributed by atoms with Crippen molar-refractivity contribution in [2.24, 2.45) is 4.99 Å². The van der Waals surface area contributed by atoms with Crippen molar-refractivity contribution in [1.82, 2.24) is 10.2 Å². The first-order valence-corrected chi connectivity index (χ1v) is 7.87. The molecule has 1 unspecified atom stereocenters. The lowest BCUT2D eigenvalue weighted by Crippen LogP contribution is -2.38. The molecule has 5 heteroatoms. The topological polar surface area (TPSA) is 61.0 Å². The van der Waals surface area contributed by atoms with Crippen molar-refractivity contribution >= 4 is 5.96 Å². The first-order valence-electron chi connectivity index (χ1n) is 7.87. The van der Waals surface area contributed by atoms with Gasteiger partial charge in [-0.3, -0.25) is 0 Å². The number of hydrogen-bond acceptors (Lipinski definition) is 3. The minimum absolute atomic E-state index is 0.258. The number of nitrogens with one attached hydrogen (secondary N) is 1. The van der Waals surface area contributed by atoms with Gasteiger partial charge in [0.2, 0.25) is 0 Å². The number of benzene rings is 1. The van der Waals surface area contributed by atoms with Crippen LogP contribution in [0.2, 0.25) is 0 Å². The number of aliphatic imine (C=N–C) groups is 1. The Morgan fingerprint density at radius 2 is 2.09 bits per heavy atom. The van der Waals surface area contributed by atoms with Gasteiger partial charge in [0.05, 0.1) is 12.8 Å². The van der Waals surface area contributed by atoms with E-state index in [4.69, 9.17) is 4.42 Å². The normalized spacial score (nSPS) is 13.0. The Morgan fingerprint density at radius 3 is 2.74 bits per heavy atom. The summed E-state index contributed by atoms with van der Waals surface area (Å²) in [4.78, 5) is 6.57. The van der Waals surface area contributed by atoms with Gasteiger partial charge >= 0.3 is 0 Å². The van der Waals surface area contributed by atoms with Gasteiger partial charge in [0, 0.05) is 20.1 Å². The standard InChI is InChI=1S/C18H25N3O2/c1-4-19-18(20-12-16(22)17-10-7-11-23-17)21(3)13-15-9-6-5-8-14(15)2/h5-11,16,22H,4,12-13H2,1-3H3,(H,19,20). The molecule has 0 amide bonds. The van der Waals surface area contributed by atoms with Gasteiger partial charge in [-0.15, -0.1) is 0 Å². The maximum atomic E-state index is 10.1. The average Bonchev–Trinajstić information content (AvgIpc) is 3.07. The number of aryl methyl sites for hydroxylation is 1. The number of aliphatic hydroxyl groups is 1. The fraction of sp³-hybridized carbons (Fsp3) is 0.389. The number of rotatable bonds is 6. The summed E-state index contributed by atoms with van der Waals surface area (Å²) in [5.41, 5.74) is 2.51. The highest BCUT2D eigenvalue weighted by Crippen LogP contribution is 2.14. The van der Waals surface area contributed by atoms with Gasteiger partial charge in [-0.25, -0.2) is 4.99 Å². The van der Waals surface area contributed by atoms with Gasteiger partial charge in [-0.2, -0.15) is 0 Å². The molecule has 2 aromatic rings. The van der Waals surface area contributed by atoms with Gasteiger partial charge in [0.15, 0.2) is 5.96 Å². The van der Waals surface area contributed by atoms with Crippen LogP contribution in [-0.2, 0) is 6.54 Å². The van der Waals surface area contributed by atoms with Crippen LogP contribution in [0, 0.1) is 6.92 Å². The molecule has 0 aliphatic carbocycles. The van der Waals surface area contributed by atoms with Gasteiger partial charge in [0.25, 0.3) is 0 Å². The maximum Gasteiger partial charge on any atom is 0.194 e. The fourth-order valence-corrected chi connectivity index (χ4v) is 2.33. The Bertz CT molecular complexity index is 623. The summed E-state index contributed by atoms with van der Waals surface area (Å²) in [6.45, 7) is 5.92. The van der Waals surface area contributed by atoms with Gasteiger partial charge in [-0.05, 0) is 37.1 Å². The van der Waals surface area contributed by atoms with Crippen LogP contribution in [0.25, 0.3) is 0 Å². The van der Waals surface area contributed by atoms with Crippen molar-refractivity contribution in [1.29, 1.82) is 0 Å². The zero-order valence-electron chi connectivity index (χ0n) is 14.0. The van der Waals surface area contributed by atoms with E-state index >= 15 is 0 Å². The van der Waals surface area contributed by atoms with E-state index in [1.54, 1.807) is 18.4 Å². The SMILES string of the molecule is CCNC(=NCC(O)c1ccco1)N(C)Cc1ccccc1C. The second-order valence-corrected chi connectivity index (χ2v) is 5.51. The van der Waals surface area contributed by atoms with E-state index in [2.05, 4.69) is 34.3 Å². The minimum Gasteiger partial charge on any atom is -0.467 e. The highest BCUT2D eigenvalue weighted by Gasteiger charge is 2.12. The van der Waals surface area contributed by atoms with E-state index < -0.39 is 6.10 Å². The molecule has 1 aromatic heterocycles. The van der Waals surface area contributed by atoms with Crippen molar-refractivity contribution in [3.05, 3.63) is 59.5 Å².